The van der Waals surface area contributed by atoms with Gasteiger partial charge in [-0.3, -0.25) is 9.59 Å². The Bertz CT molecular complexity index is 1210. The van der Waals surface area contributed by atoms with Gasteiger partial charge in [-0.25, -0.2) is 0 Å². The second-order valence-corrected chi connectivity index (χ2v) is 8.18. The fourth-order valence-corrected chi connectivity index (χ4v) is 3.98. The van der Waals surface area contributed by atoms with Crippen molar-refractivity contribution in [2.75, 3.05) is 0 Å². The first-order valence-corrected chi connectivity index (χ1v) is 10.7. The Morgan fingerprint density at radius 1 is 1.09 bits per heavy atom. The Hall–Kier alpha value is -3.46. The molecular formula is C24H19ClF3NO5. The number of benzene rings is 3. The molecule has 10 heteroatoms. The van der Waals surface area contributed by atoms with Gasteiger partial charge in [-0.15, -0.1) is 13.2 Å². The maximum absolute atomic E-state index is 13.2. The molecule has 0 radical (unpaired) electrons. The van der Waals surface area contributed by atoms with E-state index in [-0.39, 0.29) is 23.7 Å². The molecule has 3 aromatic rings. The van der Waals surface area contributed by atoms with Crippen molar-refractivity contribution in [1.29, 1.82) is 0 Å². The molecule has 1 aliphatic rings. The molecule has 0 heterocycles. The average Bonchev–Trinajstić information content (AvgIpc) is 2.77. The first kappa shape index (κ1) is 23.7. The van der Waals surface area contributed by atoms with Gasteiger partial charge in [0.05, 0.1) is 5.56 Å². The van der Waals surface area contributed by atoms with E-state index in [4.69, 9.17) is 21.1 Å². The van der Waals surface area contributed by atoms with Gasteiger partial charge in [0.2, 0.25) is 0 Å². The standard InChI is InChI=1S/C24H19ClF3NO5/c25-20-12-19(22(31)29-23(33-14-30)10-3-11-23)21(18-5-2-1-4-17(18)20)32-13-15-6-8-16(9-7-15)34-24(26,27)28/h1-2,4-9,12,14H,3,10-11,13H2,(H,29,31). The summed E-state index contributed by atoms with van der Waals surface area (Å²) in [6.45, 7) is 0.268. The topological polar surface area (TPSA) is 73.9 Å². The lowest BCUT2D eigenvalue weighted by molar-refractivity contribution is -0.274. The zero-order valence-corrected chi connectivity index (χ0v) is 18.4. The highest BCUT2D eigenvalue weighted by molar-refractivity contribution is 6.36. The van der Waals surface area contributed by atoms with Gasteiger partial charge in [0, 0.05) is 28.6 Å². The summed E-state index contributed by atoms with van der Waals surface area (Å²) in [4.78, 5) is 24.1. The summed E-state index contributed by atoms with van der Waals surface area (Å²) in [5.74, 6) is -0.638. The van der Waals surface area contributed by atoms with Crippen molar-refractivity contribution < 1.29 is 37.0 Å². The van der Waals surface area contributed by atoms with Crippen LogP contribution < -0.4 is 14.8 Å². The van der Waals surface area contributed by atoms with Crippen LogP contribution >= 0.6 is 11.6 Å². The molecule has 0 saturated heterocycles. The van der Waals surface area contributed by atoms with Crippen LogP contribution in [0, 0.1) is 0 Å². The minimum atomic E-state index is -4.78. The Kier molecular flexibility index (Phi) is 6.56. The molecule has 178 valence electrons. The summed E-state index contributed by atoms with van der Waals surface area (Å²) in [7, 11) is 0. The van der Waals surface area contributed by atoms with E-state index >= 15 is 0 Å². The summed E-state index contributed by atoms with van der Waals surface area (Å²) in [5, 5.41) is 4.33. The van der Waals surface area contributed by atoms with Crippen LogP contribution in [0.1, 0.15) is 35.2 Å². The Balaban J connectivity index is 1.62. The number of hydrogen-bond donors (Lipinski definition) is 1. The fraction of sp³-hybridized carbons (Fsp3) is 0.250. The Morgan fingerprint density at radius 2 is 1.76 bits per heavy atom. The van der Waals surface area contributed by atoms with E-state index in [1.165, 1.54) is 30.3 Å². The van der Waals surface area contributed by atoms with Gasteiger partial charge in [0.15, 0.2) is 5.72 Å². The van der Waals surface area contributed by atoms with Crippen molar-refractivity contribution in [3.63, 3.8) is 0 Å². The van der Waals surface area contributed by atoms with Crippen LogP contribution in [0.25, 0.3) is 10.8 Å². The van der Waals surface area contributed by atoms with Gasteiger partial charge in [-0.2, -0.15) is 0 Å². The first-order valence-electron chi connectivity index (χ1n) is 10.3. The predicted molar refractivity (Wildman–Crippen MR) is 118 cm³/mol. The molecule has 0 atom stereocenters. The van der Waals surface area contributed by atoms with Gasteiger partial charge in [0.1, 0.15) is 18.1 Å². The molecule has 1 N–H and O–H groups in total. The SMILES string of the molecule is O=COC1(NC(=O)c2cc(Cl)c3ccccc3c2OCc2ccc(OC(F)(F)F)cc2)CCC1. The number of amides is 1. The normalized spacial score (nSPS) is 14.7. The Labute approximate surface area is 197 Å². The van der Waals surface area contributed by atoms with Gasteiger partial charge in [-0.05, 0) is 30.2 Å². The smallest absolute Gasteiger partial charge is 0.487 e. The minimum Gasteiger partial charge on any atom is -0.487 e. The highest BCUT2D eigenvalue weighted by atomic mass is 35.5. The van der Waals surface area contributed by atoms with Crippen LogP contribution in [0.5, 0.6) is 11.5 Å². The second-order valence-electron chi connectivity index (χ2n) is 7.78. The van der Waals surface area contributed by atoms with Crippen molar-refractivity contribution in [3.8, 4) is 11.5 Å². The lowest BCUT2D eigenvalue weighted by atomic mass is 9.87. The molecule has 0 aromatic heterocycles. The zero-order valence-electron chi connectivity index (χ0n) is 17.7. The molecule has 1 amide bonds. The number of nitrogens with one attached hydrogen (secondary N) is 1. The molecule has 1 fully saturated rings. The van der Waals surface area contributed by atoms with Crippen LogP contribution in [-0.4, -0.2) is 24.5 Å². The molecule has 0 unspecified atom stereocenters. The molecule has 0 spiro atoms. The first-order chi connectivity index (χ1) is 16.2. The second kappa shape index (κ2) is 9.42. The number of ether oxygens (including phenoxy) is 3. The highest BCUT2D eigenvalue weighted by Crippen LogP contribution is 2.38. The maximum Gasteiger partial charge on any atom is 0.573 e. The largest absolute Gasteiger partial charge is 0.573 e. The molecule has 4 rings (SSSR count). The number of carbonyl (C=O) groups excluding carboxylic acids is 2. The summed E-state index contributed by atoms with van der Waals surface area (Å²) in [6, 6.07) is 13.8. The zero-order chi connectivity index (χ0) is 24.3. The van der Waals surface area contributed by atoms with Crippen molar-refractivity contribution >= 4 is 34.8 Å². The third-order valence-electron chi connectivity index (χ3n) is 5.51. The number of rotatable bonds is 8. The van der Waals surface area contributed by atoms with E-state index < -0.39 is 18.0 Å². The van der Waals surface area contributed by atoms with Gasteiger partial charge in [0.25, 0.3) is 12.4 Å². The molecule has 0 bridgehead atoms. The predicted octanol–water partition coefficient (Wildman–Crippen LogP) is 5.75. The van der Waals surface area contributed by atoms with E-state index in [2.05, 4.69) is 10.1 Å². The lowest BCUT2D eigenvalue weighted by Crippen LogP contribution is -2.55. The molecular weight excluding hydrogens is 475 g/mol. The van der Waals surface area contributed by atoms with Crippen LogP contribution in [0.15, 0.2) is 54.6 Å². The summed E-state index contributed by atoms with van der Waals surface area (Å²) >= 11 is 6.42. The van der Waals surface area contributed by atoms with Gasteiger partial charge < -0.3 is 19.5 Å². The molecule has 1 aliphatic carbocycles. The van der Waals surface area contributed by atoms with Crippen molar-refractivity contribution in [2.45, 2.75) is 38.0 Å². The van der Waals surface area contributed by atoms with Gasteiger partial charge in [-0.1, -0.05) is 48.0 Å². The molecule has 34 heavy (non-hydrogen) atoms. The van der Waals surface area contributed by atoms with Crippen molar-refractivity contribution in [2.24, 2.45) is 0 Å². The van der Waals surface area contributed by atoms with E-state index in [1.54, 1.807) is 24.3 Å². The molecule has 1 saturated carbocycles. The summed E-state index contributed by atoms with van der Waals surface area (Å²) in [5.41, 5.74) is -0.371. The fourth-order valence-electron chi connectivity index (χ4n) is 3.71. The van der Waals surface area contributed by atoms with E-state index in [1.807, 2.05) is 0 Å². The number of alkyl halides is 3. The molecule has 6 nitrogen and oxygen atoms in total. The maximum atomic E-state index is 13.2. The Morgan fingerprint density at radius 3 is 2.35 bits per heavy atom. The quantitative estimate of drug-likeness (QED) is 0.319. The number of fused-ring (bicyclic) bond motifs is 1. The summed E-state index contributed by atoms with van der Waals surface area (Å²) in [6.07, 6.45) is -3.01. The average molecular weight is 494 g/mol. The third-order valence-corrected chi connectivity index (χ3v) is 5.82. The molecule has 3 aromatic carbocycles. The lowest BCUT2D eigenvalue weighted by Gasteiger charge is -2.40. The van der Waals surface area contributed by atoms with E-state index in [0.717, 1.165) is 6.42 Å². The number of carbonyl (C=O) groups is 2. The summed E-state index contributed by atoms with van der Waals surface area (Å²) < 4.78 is 52.1. The highest BCUT2D eigenvalue weighted by Gasteiger charge is 2.41. The van der Waals surface area contributed by atoms with E-state index in [9.17, 15) is 22.8 Å². The minimum absolute atomic E-state index is 0.0335. The van der Waals surface area contributed by atoms with Crippen molar-refractivity contribution in [3.05, 3.63) is 70.7 Å². The van der Waals surface area contributed by atoms with Crippen LogP contribution in [0.2, 0.25) is 5.02 Å². The third kappa shape index (κ3) is 5.20. The van der Waals surface area contributed by atoms with E-state index in [0.29, 0.717) is 40.7 Å². The van der Waals surface area contributed by atoms with Gasteiger partial charge >= 0.3 is 6.36 Å². The monoisotopic (exact) mass is 493 g/mol. The molecule has 0 aliphatic heterocycles. The van der Waals surface area contributed by atoms with Crippen LogP contribution in [0.3, 0.4) is 0 Å². The van der Waals surface area contributed by atoms with Crippen LogP contribution in [0.4, 0.5) is 13.2 Å². The number of hydrogen-bond acceptors (Lipinski definition) is 5. The van der Waals surface area contributed by atoms with Crippen LogP contribution in [-0.2, 0) is 16.1 Å². The number of halogens is 4. The van der Waals surface area contributed by atoms with Crippen molar-refractivity contribution in [1.82, 2.24) is 5.32 Å².